The molecule has 1 heterocycles. The lowest BCUT2D eigenvalue weighted by Crippen LogP contribution is -2.06. The van der Waals surface area contributed by atoms with Crippen LogP contribution in [0.2, 0.25) is 0 Å². The van der Waals surface area contributed by atoms with E-state index >= 15 is 0 Å². The van der Waals surface area contributed by atoms with Gasteiger partial charge in [-0.3, -0.25) is 9.78 Å². The zero-order valence-electron chi connectivity index (χ0n) is 5.41. The first kappa shape index (κ1) is 7.37. The SMILES string of the molecule is NCCC(=O)c1cncs1. The van der Waals surface area contributed by atoms with Crippen LogP contribution >= 0.6 is 11.3 Å². The summed E-state index contributed by atoms with van der Waals surface area (Å²) in [5.41, 5.74) is 6.84. The van der Waals surface area contributed by atoms with Gasteiger partial charge in [0.2, 0.25) is 0 Å². The number of carbonyl (C=O) groups excluding carboxylic acids is 1. The molecule has 1 rings (SSSR count). The van der Waals surface area contributed by atoms with Gasteiger partial charge in [0.25, 0.3) is 0 Å². The van der Waals surface area contributed by atoms with Gasteiger partial charge in [-0.25, -0.2) is 0 Å². The molecule has 0 amide bonds. The summed E-state index contributed by atoms with van der Waals surface area (Å²) in [6, 6.07) is 0. The van der Waals surface area contributed by atoms with Gasteiger partial charge in [-0.05, 0) is 6.54 Å². The predicted octanol–water partition coefficient (Wildman–Crippen LogP) is 0.675. The number of nitrogens with two attached hydrogens (primary N) is 1. The molecule has 0 aromatic carbocycles. The molecule has 0 aliphatic carbocycles. The number of nitrogens with zero attached hydrogens (tertiary/aromatic N) is 1. The average Bonchev–Trinajstić information content (AvgIpc) is 2.38. The zero-order chi connectivity index (χ0) is 7.40. The van der Waals surface area contributed by atoms with Crippen molar-refractivity contribution in [3.63, 3.8) is 0 Å². The maximum Gasteiger partial charge on any atom is 0.175 e. The molecule has 3 nitrogen and oxygen atoms in total. The van der Waals surface area contributed by atoms with Crippen molar-refractivity contribution in [3.05, 3.63) is 16.6 Å². The summed E-state index contributed by atoms with van der Waals surface area (Å²) in [5.74, 6) is 0.0880. The van der Waals surface area contributed by atoms with Gasteiger partial charge in [0.1, 0.15) is 0 Å². The van der Waals surface area contributed by atoms with Crippen LogP contribution in [0.4, 0.5) is 0 Å². The van der Waals surface area contributed by atoms with Gasteiger partial charge in [0, 0.05) is 12.6 Å². The largest absolute Gasteiger partial charge is 0.330 e. The minimum atomic E-state index is 0.0880. The zero-order valence-corrected chi connectivity index (χ0v) is 6.23. The second kappa shape index (κ2) is 3.43. The summed E-state index contributed by atoms with van der Waals surface area (Å²) >= 11 is 1.35. The van der Waals surface area contributed by atoms with Crippen LogP contribution in [0.1, 0.15) is 16.1 Å². The third kappa shape index (κ3) is 1.62. The van der Waals surface area contributed by atoms with E-state index in [9.17, 15) is 4.79 Å². The average molecular weight is 156 g/mol. The first-order valence-electron chi connectivity index (χ1n) is 2.96. The molecule has 0 bridgehead atoms. The molecule has 0 aliphatic heterocycles. The molecule has 0 atom stereocenters. The Hall–Kier alpha value is -0.740. The fourth-order valence-electron chi connectivity index (χ4n) is 0.608. The van der Waals surface area contributed by atoms with E-state index in [-0.39, 0.29) is 5.78 Å². The van der Waals surface area contributed by atoms with Crippen molar-refractivity contribution in [2.45, 2.75) is 6.42 Å². The van der Waals surface area contributed by atoms with Gasteiger partial charge in [-0.15, -0.1) is 11.3 Å². The number of hydrogen-bond donors (Lipinski definition) is 1. The van der Waals surface area contributed by atoms with E-state index in [1.165, 1.54) is 11.3 Å². The Bertz CT molecular complexity index is 208. The minimum Gasteiger partial charge on any atom is -0.330 e. The smallest absolute Gasteiger partial charge is 0.175 e. The van der Waals surface area contributed by atoms with Crippen molar-refractivity contribution in [1.29, 1.82) is 0 Å². The minimum absolute atomic E-state index is 0.0880. The predicted molar refractivity (Wildman–Crippen MR) is 40.1 cm³/mol. The first-order valence-corrected chi connectivity index (χ1v) is 3.84. The van der Waals surface area contributed by atoms with E-state index in [0.29, 0.717) is 17.8 Å². The van der Waals surface area contributed by atoms with Crippen LogP contribution in [0.3, 0.4) is 0 Å². The highest BCUT2D eigenvalue weighted by atomic mass is 32.1. The lowest BCUT2D eigenvalue weighted by molar-refractivity contribution is 0.0989. The van der Waals surface area contributed by atoms with Crippen LogP contribution in [-0.2, 0) is 0 Å². The highest BCUT2D eigenvalue weighted by Crippen LogP contribution is 2.07. The topological polar surface area (TPSA) is 56.0 Å². The van der Waals surface area contributed by atoms with Gasteiger partial charge in [-0.1, -0.05) is 0 Å². The molecule has 0 radical (unpaired) electrons. The maximum absolute atomic E-state index is 11.0. The maximum atomic E-state index is 11.0. The van der Waals surface area contributed by atoms with E-state index in [0.717, 1.165) is 0 Å². The standard InChI is InChI=1S/C6H8N2OS/c7-2-1-5(9)6-3-8-4-10-6/h3-4H,1-2,7H2. The van der Waals surface area contributed by atoms with Crippen molar-refractivity contribution in [2.24, 2.45) is 5.73 Å². The lowest BCUT2D eigenvalue weighted by Gasteiger charge is -1.89. The Morgan fingerprint density at radius 3 is 3.10 bits per heavy atom. The highest BCUT2D eigenvalue weighted by molar-refractivity contribution is 7.11. The fourth-order valence-corrected chi connectivity index (χ4v) is 1.20. The molecule has 0 saturated carbocycles. The second-order valence-corrected chi connectivity index (χ2v) is 2.71. The number of thiazole rings is 1. The van der Waals surface area contributed by atoms with E-state index < -0.39 is 0 Å². The molecule has 10 heavy (non-hydrogen) atoms. The summed E-state index contributed by atoms with van der Waals surface area (Å²) in [6.07, 6.45) is 1.99. The highest BCUT2D eigenvalue weighted by Gasteiger charge is 2.04. The van der Waals surface area contributed by atoms with Crippen molar-refractivity contribution in [3.8, 4) is 0 Å². The van der Waals surface area contributed by atoms with Crippen LogP contribution in [0.15, 0.2) is 11.7 Å². The van der Waals surface area contributed by atoms with E-state index in [4.69, 9.17) is 5.73 Å². The molecule has 0 unspecified atom stereocenters. The monoisotopic (exact) mass is 156 g/mol. The van der Waals surface area contributed by atoms with Crippen molar-refractivity contribution in [2.75, 3.05) is 6.54 Å². The summed E-state index contributed by atoms with van der Waals surface area (Å²) in [5, 5.41) is 0. The molecular weight excluding hydrogens is 148 g/mol. The van der Waals surface area contributed by atoms with E-state index in [1.54, 1.807) is 11.7 Å². The Morgan fingerprint density at radius 2 is 2.60 bits per heavy atom. The van der Waals surface area contributed by atoms with E-state index in [2.05, 4.69) is 4.98 Å². The molecule has 1 aromatic heterocycles. The summed E-state index contributed by atoms with van der Waals surface area (Å²) in [4.78, 5) is 15.5. The van der Waals surface area contributed by atoms with Gasteiger partial charge < -0.3 is 5.73 Å². The number of hydrogen-bond acceptors (Lipinski definition) is 4. The molecule has 1 aromatic rings. The number of Topliss-reactive ketones (excluding diaryl/α,β-unsaturated/α-hetero) is 1. The summed E-state index contributed by atoms with van der Waals surface area (Å²) in [7, 11) is 0. The van der Waals surface area contributed by atoms with Gasteiger partial charge in [-0.2, -0.15) is 0 Å². The molecule has 4 heteroatoms. The molecule has 0 spiro atoms. The lowest BCUT2D eigenvalue weighted by atomic mass is 10.2. The molecule has 0 aliphatic rings. The quantitative estimate of drug-likeness (QED) is 0.654. The second-order valence-electron chi connectivity index (χ2n) is 1.83. The van der Waals surface area contributed by atoms with Crippen LogP contribution in [0, 0.1) is 0 Å². The van der Waals surface area contributed by atoms with Crippen LogP contribution in [0.25, 0.3) is 0 Å². The number of rotatable bonds is 3. The summed E-state index contributed by atoms with van der Waals surface area (Å²) in [6.45, 7) is 0.413. The Kier molecular flexibility index (Phi) is 2.53. The number of ketones is 1. The first-order chi connectivity index (χ1) is 4.84. The van der Waals surface area contributed by atoms with Gasteiger partial charge in [0.15, 0.2) is 5.78 Å². The molecule has 0 fully saturated rings. The number of carbonyl (C=O) groups is 1. The van der Waals surface area contributed by atoms with Crippen molar-refractivity contribution in [1.82, 2.24) is 4.98 Å². The summed E-state index contributed by atoms with van der Waals surface area (Å²) < 4.78 is 0. The Balaban J connectivity index is 2.59. The van der Waals surface area contributed by atoms with Gasteiger partial charge >= 0.3 is 0 Å². The Labute approximate surface area is 62.9 Å². The number of aromatic nitrogens is 1. The third-order valence-corrected chi connectivity index (χ3v) is 1.89. The molecule has 2 N–H and O–H groups in total. The van der Waals surface area contributed by atoms with Crippen molar-refractivity contribution < 1.29 is 4.79 Å². The molecular formula is C6H8N2OS. The van der Waals surface area contributed by atoms with Crippen LogP contribution in [0.5, 0.6) is 0 Å². The normalized spacial score (nSPS) is 9.70. The third-order valence-electron chi connectivity index (χ3n) is 1.08. The molecule has 0 saturated heterocycles. The van der Waals surface area contributed by atoms with Gasteiger partial charge in [0.05, 0.1) is 10.4 Å². The van der Waals surface area contributed by atoms with Crippen molar-refractivity contribution >= 4 is 17.1 Å². The van der Waals surface area contributed by atoms with Crippen LogP contribution < -0.4 is 5.73 Å². The fraction of sp³-hybridized carbons (Fsp3) is 0.333. The van der Waals surface area contributed by atoms with Crippen LogP contribution in [-0.4, -0.2) is 17.3 Å². The van der Waals surface area contributed by atoms with E-state index in [1.807, 2.05) is 0 Å². The Morgan fingerprint density at radius 1 is 1.80 bits per heavy atom. The molecule has 54 valence electrons.